The van der Waals surface area contributed by atoms with Gasteiger partial charge in [0.25, 0.3) is 0 Å². The van der Waals surface area contributed by atoms with Crippen molar-refractivity contribution in [2.45, 2.75) is 0 Å². The van der Waals surface area contributed by atoms with E-state index in [-0.39, 0.29) is 5.46 Å². The fourth-order valence-electron chi connectivity index (χ4n) is 0.724. The summed E-state index contributed by atoms with van der Waals surface area (Å²) in [4.78, 5) is 0. The monoisotopic (exact) mass is 192 g/mol. The van der Waals surface area contributed by atoms with E-state index in [1.807, 2.05) is 0 Å². The summed E-state index contributed by atoms with van der Waals surface area (Å²) >= 11 is 5.23. The van der Waals surface area contributed by atoms with Gasteiger partial charge < -0.3 is 10.0 Å². The molecule has 2 nitrogen and oxygen atoms in total. The standard InChI is InChI=1S/C6H4BClF2O2/c8-4-1-3(7(11)12)2-5(9)6(4)10/h1-2,11-12H. The van der Waals surface area contributed by atoms with Crippen LogP contribution in [0.5, 0.6) is 0 Å². The van der Waals surface area contributed by atoms with Gasteiger partial charge in [0.15, 0.2) is 11.6 Å². The zero-order valence-electron chi connectivity index (χ0n) is 5.76. The number of halogens is 3. The first kappa shape index (κ1) is 9.44. The third-order valence-corrected chi connectivity index (χ3v) is 1.58. The lowest BCUT2D eigenvalue weighted by Gasteiger charge is -2.01. The predicted octanol–water partition coefficient (Wildman–Crippen LogP) is 0.298. The Hall–Kier alpha value is -0.645. The molecule has 0 fully saturated rings. The van der Waals surface area contributed by atoms with Crippen molar-refractivity contribution < 1.29 is 18.8 Å². The van der Waals surface area contributed by atoms with Crippen molar-refractivity contribution in [2.24, 2.45) is 0 Å². The molecule has 1 aromatic rings. The minimum absolute atomic E-state index is 0.182. The molecule has 6 heteroatoms. The van der Waals surface area contributed by atoms with E-state index >= 15 is 0 Å². The van der Waals surface area contributed by atoms with Crippen LogP contribution in [-0.4, -0.2) is 17.2 Å². The second-order valence-electron chi connectivity index (χ2n) is 2.17. The van der Waals surface area contributed by atoms with Gasteiger partial charge in [-0.15, -0.1) is 0 Å². The summed E-state index contributed by atoms with van der Waals surface area (Å²) in [5, 5.41) is 16.7. The highest BCUT2D eigenvalue weighted by Gasteiger charge is 2.16. The summed E-state index contributed by atoms with van der Waals surface area (Å²) in [5.41, 5.74) is -0.182. The Bertz CT molecular complexity index is 283. The maximum atomic E-state index is 12.5. The van der Waals surface area contributed by atoms with Crippen LogP contribution in [0.4, 0.5) is 8.78 Å². The molecule has 0 aliphatic heterocycles. The lowest BCUT2D eigenvalue weighted by Crippen LogP contribution is -2.30. The number of benzene rings is 1. The van der Waals surface area contributed by atoms with E-state index in [0.29, 0.717) is 6.07 Å². The van der Waals surface area contributed by atoms with Crippen molar-refractivity contribution in [1.82, 2.24) is 0 Å². The minimum Gasteiger partial charge on any atom is -0.423 e. The molecule has 2 N–H and O–H groups in total. The van der Waals surface area contributed by atoms with Crippen LogP contribution in [0.2, 0.25) is 5.02 Å². The zero-order chi connectivity index (χ0) is 9.30. The van der Waals surface area contributed by atoms with Crippen LogP contribution in [0.25, 0.3) is 0 Å². The van der Waals surface area contributed by atoms with Gasteiger partial charge in [0.1, 0.15) is 0 Å². The van der Waals surface area contributed by atoms with Crippen LogP contribution in [0.3, 0.4) is 0 Å². The molecule has 0 heterocycles. The summed E-state index contributed by atoms with van der Waals surface area (Å²) in [6.07, 6.45) is 0. The van der Waals surface area contributed by atoms with Crippen LogP contribution in [0.15, 0.2) is 12.1 Å². The molecule has 0 bridgehead atoms. The zero-order valence-corrected chi connectivity index (χ0v) is 6.52. The highest BCUT2D eigenvalue weighted by atomic mass is 35.5. The second-order valence-corrected chi connectivity index (χ2v) is 2.58. The minimum atomic E-state index is -1.85. The Morgan fingerprint density at radius 1 is 1.25 bits per heavy atom. The summed E-state index contributed by atoms with van der Waals surface area (Å²) < 4.78 is 25.0. The Labute approximate surface area is 72.5 Å². The fraction of sp³-hybridized carbons (Fsp3) is 0. The lowest BCUT2D eigenvalue weighted by atomic mass is 9.80. The van der Waals surface area contributed by atoms with Crippen molar-refractivity contribution in [1.29, 1.82) is 0 Å². The quantitative estimate of drug-likeness (QED) is 0.496. The fourth-order valence-corrected chi connectivity index (χ4v) is 0.940. The van der Waals surface area contributed by atoms with Gasteiger partial charge in [0, 0.05) is 0 Å². The average Bonchev–Trinajstić information content (AvgIpc) is 1.99. The van der Waals surface area contributed by atoms with Crippen LogP contribution in [-0.2, 0) is 0 Å². The Kier molecular flexibility index (Phi) is 2.67. The molecule has 0 aliphatic carbocycles. The van der Waals surface area contributed by atoms with Crippen molar-refractivity contribution in [3.8, 4) is 0 Å². The van der Waals surface area contributed by atoms with E-state index in [2.05, 4.69) is 0 Å². The van der Waals surface area contributed by atoms with E-state index in [4.69, 9.17) is 21.6 Å². The smallest absolute Gasteiger partial charge is 0.423 e. The van der Waals surface area contributed by atoms with E-state index in [1.54, 1.807) is 0 Å². The highest BCUT2D eigenvalue weighted by Crippen LogP contribution is 2.15. The van der Waals surface area contributed by atoms with Crippen LogP contribution in [0.1, 0.15) is 0 Å². The summed E-state index contributed by atoms with van der Waals surface area (Å²) in [6.45, 7) is 0. The molecule has 0 saturated carbocycles. The molecule has 0 aromatic heterocycles. The van der Waals surface area contributed by atoms with Crippen molar-refractivity contribution in [2.75, 3.05) is 0 Å². The maximum absolute atomic E-state index is 12.5. The van der Waals surface area contributed by atoms with Crippen molar-refractivity contribution in [3.05, 3.63) is 28.8 Å². The van der Waals surface area contributed by atoms with Gasteiger partial charge in [-0.05, 0) is 17.6 Å². The van der Waals surface area contributed by atoms with E-state index in [0.717, 1.165) is 6.07 Å². The van der Waals surface area contributed by atoms with Crippen LogP contribution < -0.4 is 5.46 Å². The number of hydrogen-bond acceptors (Lipinski definition) is 2. The highest BCUT2D eigenvalue weighted by molar-refractivity contribution is 6.59. The molecule has 0 amide bonds. The van der Waals surface area contributed by atoms with Crippen molar-refractivity contribution in [3.63, 3.8) is 0 Å². The largest absolute Gasteiger partial charge is 0.488 e. The molecule has 0 spiro atoms. The molecular weight excluding hydrogens is 188 g/mol. The van der Waals surface area contributed by atoms with Crippen LogP contribution >= 0.6 is 11.6 Å². The SMILES string of the molecule is OB(O)c1cc(F)c(F)c(Cl)c1. The first-order valence-electron chi connectivity index (χ1n) is 3.03. The van der Waals surface area contributed by atoms with Crippen LogP contribution in [0, 0.1) is 11.6 Å². The van der Waals surface area contributed by atoms with Crippen molar-refractivity contribution >= 4 is 24.2 Å². The molecule has 0 aliphatic rings. The van der Waals surface area contributed by atoms with E-state index < -0.39 is 23.8 Å². The summed E-state index contributed by atoms with van der Waals surface area (Å²) in [6, 6.07) is 1.62. The molecule has 0 unspecified atom stereocenters. The Morgan fingerprint density at radius 2 is 1.83 bits per heavy atom. The molecule has 0 radical (unpaired) electrons. The topological polar surface area (TPSA) is 40.5 Å². The molecular formula is C6H4BClF2O2. The normalized spacial score (nSPS) is 10.1. The lowest BCUT2D eigenvalue weighted by molar-refractivity contribution is 0.425. The third kappa shape index (κ3) is 1.74. The first-order valence-corrected chi connectivity index (χ1v) is 3.40. The average molecular weight is 192 g/mol. The van der Waals surface area contributed by atoms with Gasteiger partial charge in [0.2, 0.25) is 0 Å². The van der Waals surface area contributed by atoms with Gasteiger partial charge in [-0.25, -0.2) is 8.78 Å². The molecule has 0 saturated heterocycles. The Morgan fingerprint density at radius 3 is 2.25 bits per heavy atom. The molecule has 0 atom stereocenters. The third-order valence-electron chi connectivity index (χ3n) is 1.30. The molecule has 1 aromatic carbocycles. The first-order chi connectivity index (χ1) is 5.52. The second kappa shape index (κ2) is 3.39. The van der Waals surface area contributed by atoms with Gasteiger partial charge in [-0.2, -0.15) is 0 Å². The predicted molar refractivity (Wildman–Crippen MR) is 41.2 cm³/mol. The summed E-state index contributed by atoms with van der Waals surface area (Å²) in [5.74, 6) is -2.40. The van der Waals surface area contributed by atoms with E-state index in [9.17, 15) is 8.78 Å². The van der Waals surface area contributed by atoms with E-state index in [1.165, 1.54) is 0 Å². The van der Waals surface area contributed by atoms with Gasteiger partial charge >= 0.3 is 7.12 Å². The number of rotatable bonds is 1. The molecule has 1 rings (SSSR count). The summed E-state index contributed by atoms with van der Waals surface area (Å²) in [7, 11) is -1.85. The molecule has 12 heavy (non-hydrogen) atoms. The van der Waals surface area contributed by atoms with Gasteiger partial charge in [-0.1, -0.05) is 11.6 Å². The Balaban J connectivity index is 3.21. The number of hydrogen-bond donors (Lipinski definition) is 2. The van der Waals surface area contributed by atoms with Gasteiger partial charge in [-0.3, -0.25) is 0 Å². The van der Waals surface area contributed by atoms with Gasteiger partial charge in [0.05, 0.1) is 5.02 Å². The maximum Gasteiger partial charge on any atom is 0.488 e. The molecule has 64 valence electrons.